The molecule has 3 rings (SSSR count). The van der Waals surface area contributed by atoms with Crippen molar-refractivity contribution in [1.82, 2.24) is 10.2 Å². The Morgan fingerprint density at radius 3 is 2.52 bits per heavy atom. The van der Waals surface area contributed by atoms with Crippen LogP contribution in [0.1, 0.15) is 39.1 Å². The third kappa shape index (κ3) is 4.59. The molecule has 0 aromatic heterocycles. The Bertz CT molecular complexity index is 960. The lowest BCUT2D eigenvalue weighted by Crippen LogP contribution is -2.32. The molecule has 7 nitrogen and oxygen atoms in total. The lowest BCUT2D eigenvalue weighted by molar-refractivity contribution is -0.121. The average molecular weight is 461 g/mol. The van der Waals surface area contributed by atoms with Gasteiger partial charge in [0.05, 0.1) is 25.3 Å². The number of hydrogen-bond donors (Lipinski definition) is 1. The van der Waals surface area contributed by atoms with E-state index >= 15 is 0 Å². The molecule has 29 heavy (non-hydrogen) atoms. The van der Waals surface area contributed by atoms with E-state index in [1.54, 1.807) is 44.6 Å². The van der Waals surface area contributed by atoms with Crippen LogP contribution in [0.4, 0.5) is 0 Å². The molecule has 0 radical (unpaired) electrons. The number of imide groups is 1. The van der Waals surface area contributed by atoms with Crippen LogP contribution in [0, 0.1) is 0 Å². The molecule has 0 unspecified atom stereocenters. The number of rotatable bonds is 8. The topological polar surface area (TPSA) is 84.9 Å². The second-order valence-electron chi connectivity index (χ2n) is 6.51. The molecule has 3 amide bonds. The van der Waals surface area contributed by atoms with Crippen LogP contribution in [0.2, 0.25) is 0 Å². The standard InChI is InChI=1S/C21H21BrN2O5/c1-28-15-7-5-13(18(11-15)29-2)12-23-19(25)4-3-9-24-20(26)16-8-6-14(22)10-17(16)21(24)27/h5-8,10-11H,3-4,9,12H2,1-2H3,(H,23,25). The number of carbonyl (C=O) groups excluding carboxylic acids is 3. The fourth-order valence-electron chi connectivity index (χ4n) is 3.14. The first-order chi connectivity index (χ1) is 13.9. The normalized spacial score (nSPS) is 12.7. The first-order valence-corrected chi connectivity index (χ1v) is 9.87. The van der Waals surface area contributed by atoms with Crippen LogP contribution in [-0.4, -0.2) is 43.4 Å². The van der Waals surface area contributed by atoms with Gasteiger partial charge in [0.25, 0.3) is 11.8 Å². The zero-order valence-electron chi connectivity index (χ0n) is 16.2. The number of methoxy groups -OCH3 is 2. The van der Waals surface area contributed by atoms with Crippen LogP contribution >= 0.6 is 15.9 Å². The minimum atomic E-state index is -0.324. The minimum Gasteiger partial charge on any atom is -0.497 e. The zero-order chi connectivity index (χ0) is 21.0. The summed E-state index contributed by atoms with van der Waals surface area (Å²) >= 11 is 3.31. The number of nitrogens with one attached hydrogen (secondary N) is 1. The van der Waals surface area contributed by atoms with Crippen molar-refractivity contribution in [3.8, 4) is 11.5 Å². The maximum Gasteiger partial charge on any atom is 0.261 e. The summed E-state index contributed by atoms with van der Waals surface area (Å²) in [5.41, 5.74) is 1.61. The quantitative estimate of drug-likeness (QED) is 0.611. The smallest absolute Gasteiger partial charge is 0.261 e. The van der Waals surface area contributed by atoms with E-state index in [0.717, 1.165) is 10.0 Å². The molecule has 8 heteroatoms. The van der Waals surface area contributed by atoms with E-state index < -0.39 is 0 Å². The molecule has 0 fully saturated rings. The van der Waals surface area contributed by atoms with Crippen molar-refractivity contribution in [2.75, 3.05) is 20.8 Å². The first kappa shape index (κ1) is 20.9. The number of halogens is 1. The molecule has 0 saturated carbocycles. The van der Waals surface area contributed by atoms with Gasteiger partial charge in [0, 0.05) is 35.6 Å². The van der Waals surface area contributed by atoms with Gasteiger partial charge in [-0.2, -0.15) is 0 Å². The molecule has 0 atom stereocenters. The fourth-order valence-corrected chi connectivity index (χ4v) is 3.50. The maximum absolute atomic E-state index is 12.4. The van der Waals surface area contributed by atoms with Crippen LogP contribution in [0.15, 0.2) is 40.9 Å². The molecule has 1 aliphatic rings. The SMILES string of the molecule is COc1ccc(CNC(=O)CCCN2C(=O)c3ccc(Br)cc3C2=O)c(OC)c1. The summed E-state index contributed by atoms with van der Waals surface area (Å²) in [7, 11) is 3.13. The number of hydrogen-bond acceptors (Lipinski definition) is 5. The highest BCUT2D eigenvalue weighted by atomic mass is 79.9. The van der Waals surface area contributed by atoms with Crippen molar-refractivity contribution >= 4 is 33.7 Å². The van der Waals surface area contributed by atoms with Gasteiger partial charge in [-0.15, -0.1) is 0 Å². The maximum atomic E-state index is 12.4. The lowest BCUT2D eigenvalue weighted by atomic mass is 10.1. The van der Waals surface area contributed by atoms with Gasteiger partial charge in [0.1, 0.15) is 11.5 Å². The van der Waals surface area contributed by atoms with Crippen molar-refractivity contribution in [3.05, 3.63) is 57.6 Å². The van der Waals surface area contributed by atoms with Gasteiger partial charge < -0.3 is 14.8 Å². The van der Waals surface area contributed by atoms with E-state index in [0.29, 0.717) is 35.6 Å². The van der Waals surface area contributed by atoms with E-state index in [1.807, 2.05) is 6.07 Å². The van der Waals surface area contributed by atoms with E-state index in [9.17, 15) is 14.4 Å². The van der Waals surface area contributed by atoms with Crippen LogP contribution in [0.3, 0.4) is 0 Å². The van der Waals surface area contributed by atoms with Gasteiger partial charge in [0.2, 0.25) is 5.91 Å². The lowest BCUT2D eigenvalue weighted by Gasteiger charge is -2.14. The number of carbonyl (C=O) groups is 3. The third-order valence-corrected chi connectivity index (χ3v) is 5.18. The van der Waals surface area contributed by atoms with Crippen molar-refractivity contribution in [3.63, 3.8) is 0 Å². The summed E-state index contributed by atoms with van der Waals surface area (Å²) < 4.78 is 11.2. The predicted octanol–water partition coefficient (Wildman–Crippen LogP) is 3.16. The number of nitrogens with zero attached hydrogens (tertiary/aromatic N) is 1. The second kappa shape index (κ2) is 9.09. The second-order valence-corrected chi connectivity index (χ2v) is 7.43. The molecule has 1 aliphatic heterocycles. The Morgan fingerprint density at radius 2 is 1.79 bits per heavy atom. The largest absolute Gasteiger partial charge is 0.497 e. The Hall–Kier alpha value is -2.87. The van der Waals surface area contributed by atoms with Gasteiger partial charge in [-0.25, -0.2) is 0 Å². The summed E-state index contributed by atoms with van der Waals surface area (Å²) in [6.07, 6.45) is 0.591. The summed E-state index contributed by atoms with van der Waals surface area (Å²) in [5.74, 6) is 0.490. The Balaban J connectivity index is 1.50. The van der Waals surface area contributed by atoms with Crippen LogP contribution in [0.25, 0.3) is 0 Å². The van der Waals surface area contributed by atoms with Crippen molar-refractivity contribution < 1.29 is 23.9 Å². The predicted molar refractivity (Wildman–Crippen MR) is 110 cm³/mol. The molecule has 0 saturated heterocycles. The fraction of sp³-hybridized carbons (Fsp3) is 0.286. The van der Waals surface area contributed by atoms with Crippen molar-refractivity contribution in [1.29, 1.82) is 0 Å². The molecule has 0 aliphatic carbocycles. The monoisotopic (exact) mass is 460 g/mol. The molecule has 2 aromatic rings. The van der Waals surface area contributed by atoms with E-state index in [1.165, 1.54) is 4.90 Å². The van der Waals surface area contributed by atoms with E-state index in [4.69, 9.17) is 9.47 Å². The summed E-state index contributed by atoms with van der Waals surface area (Å²) in [4.78, 5) is 38.2. The van der Waals surface area contributed by atoms with Crippen LogP contribution in [-0.2, 0) is 11.3 Å². The summed E-state index contributed by atoms with van der Waals surface area (Å²) in [5, 5.41) is 2.83. The number of ether oxygens (including phenoxy) is 2. The number of benzene rings is 2. The molecule has 0 bridgehead atoms. The highest BCUT2D eigenvalue weighted by molar-refractivity contribution is 9.10. The van der Waals surface area contributed by atoms with E-state index in [2.05, 4.69) is 21.2 Å². The molecule has 1 heterocycles. The zero-order valence-corrected chi connectivity index (χ0v) is 17.7. The number of amides is 3. The molecule has 0 spiro atoms. The molecular weight excluding hydrogens is 440 g/mol. The van der Waals surface area contributed by atoms with Crippen molar-refractivity contribution in [2.45, 2.75) is 19.4 Å². The Kier molecular flexibility index (Phi) is 6.53. The summed E-state index contributed by atoms with van der Waals surface area (Å²) in [6, 6.07) is 10.4. The van der Waals surface area contributed by atoms with Gasteiger partial charge >= 0.3 is 0 Å². The molecule has 152 valence electrons. The highest BCUT2D eigenvalue weighted by Crippen LogP contribution is 2.26. The average Bonchev–Trinajstić information content (AvgIpc) is 2.96. The molecular formula is C21H21BrN2O5. The van der Waals surface area contributed by atoms with Crippen molar-refractivity contribution in [2.24, 2.45) is 0 Å². The highest BCUT2D eigenvalue weighted by Gasteiger charge is 2.35. The van der Waals surface area contributed by atoms with Crippen LogP contribution in [0.5, 0.6) is 11.5 Å². The van der Waals surface area contributed by atoms with Crippen LogP contribution < -0.4 is 14.8 Å². The number of fused-ring (bicyclic) bond motifs is 1. The first-order valence-electron chi connectivity index (χ1n) is 9.08. The van der Waals surface area contributed by atoms with Gasteiger partial charge in [-0.05, 0) is 36.8 Å². The van der Waals surface area contributed by atoms with Gasteiger partial charge in [-0.3, -0.25) is 19.3 Å². The van der Waals surface area contributed by atoms with Gasteiger partial charge in [0.15, 0.2) is 0 Å². The van der Waals surface area contributed by atoms with E-state index in [-0.39, 0.29) is 30.7 Å². The molecule has 2 aromatic carbocycles. The van der Waals surface area contributed by atoms with Gasteiger partial charge in [-0.1, -0.05) is 15.9 Å². The minimum absolute atomic E-state index is 0.165. The molecule has 1 N–H and O–H groups in total. The summed E-state index contributed by atoms with van der Waals surface area (Å²) in [6.45, 7) is 0.510. The third-order valence-electron chi connectivity index (χ3n) is 4.69. The Labute approximate surface area is 177 Å². The Morgan fingerprint density at radius 1 is 1.03 bits per heavy atom.